The number of ether oxygens (including phenoxy) is 1. The summed E-state index contributed by atoms with van der Waals surface area (Å²) in [4.78, 5) is 0. The predicted octanol–water partition coefficient (Wildman–Crippen LogP) is 4.85. The van der Waals surface area contributed by atoms with Crippen molar-refractivity contribution in [1.82, 2.24) is 0 Å². The zero-order chi connectivity index (χ0) is 14.2. The Hall–Kier alpha value is -2.23. The van der Waals surface area contributed by atoms with Crippen LogP contribution in [0.3, 0.4) is 0 Å². The Bertz CT molecular complexity index is 642. The first-order chi connectivity index (χ1) is 9.54. The molecule has 4 heteroatoms. The summed E-state index contributed by atoms with van der Waals surface area (Å²) in [7, 11) is 0. The summed E-state index contributed by atoms with van der Waals surface area (Å²) in [6.45, 7) is 0. The lowest BCUT2D eigenvalue weighted by Crippen LogP contribution is -2.10. The monoisotopic (exact) mass is 276 g/mol. The van der Waals surface area contributed by atoms with Crippen molar-refractivity contribution in [2.75, 3.05) is 0 Å². The fourth-order valence-electron chi connectivity index (χ4n) is 2.13. The molecule has 0 spiro atoms. The lowest BCUT2D eigenvalue weighted by Gasteiger charge is -2.22. The molecule has 1 atom stereocenters. The number of hydrogen-bond donors (Lipinski definition) is 0. The molecule has 1 aliphatic rings. The van der Waals surface area contributed by atoms with Gasteiger partial charge in [0.05, 0.1) is 5.56 Å². The number of rotatable bonds is 1. The SMILES string of the molecule is FC(F)(F)c1ccc([C@H]2C=Cc3ccccc3O2)cc1. The van der Waals surface area contributed by atoms with Gasteiger partial charge < -0.3 is 4.74 Å². The summed E-state index contributed by atoms with van der Waals surface area (Å²) in [5.74, 6) is 0.736. The van der Waals surface area contributed by atoms with E-state index in [1.165, 1.54) is 12.1 Å². The summed E-state index contributed by atoms with van der Waals surface area (Å²) in [6, 6.07) is 12.6. The molecule has 3 rings (SSSR count). The third kappa shape index (κ3) is 2.41. The predicted molar refractivity (Wildman–Crippen MR) is 70.3 cm³/mol. The quantitative estimate of drug-likeness (QED) is 0.723. The molecule has 0 bridgehead atoms. The average Bonchev–Trinajstić information content (AvgIpc) is 2.46. The highest BCUT2D eigenvalue weighted by molar-refractivity contribution is 5.60. The molecule has 0 aromatic heterocycles. The van der Waals surface area contributed by atoms with Gasteiger partial charge in [-0.1, -0.05) is 36.4 Å². The largest absolute Gasteiger partial charge is 0.481 e. The number of para-hydroxylation sites is 1. The molecular weight excluding hydrogens is 265 g/mol. The Morgan fingerprint density at radius 3 is 2.30 bits per heavy atom. The molecule has 0 N–H and O–H groups in total. The smallest absolute Gasteiger partial charge is 0.416 e. The summed E-state index contributed by atoms with van der Waals surface area (Å²) in [6.07, 6.45) is -0.910. The van der Waals surface area contributed by atoms with Gasteiger partial charge in [0.1, 0.15) is 11.9 Å². The van der Waals surface area contributed by atoms with Gasteiger partial charge in [0.15, 0.2) is 0 Å². The number of hydrogen-bond acceptors (Lipinski definition) is 1. The molecule has 0 saturated heterocycles. The maximum atomic E-state index is 12.5. The summed E-state index contributed by atoms with van der Waals surface area (Å²) in [5.41, 5.74) is 1.01. The molecule has 0 aliphatic carbocycles. The molecular formula is C16H11F3O. The molecule has 0 fully saturated rings. The molecule has 20 heavy (non-hydrogen) atoms. The van der Waals surface area contributed by atoms with Crippen molar-refractivity contribution in [2.24, 2.45) is 0 Å². The maximum absolute atomic E-state index is 12.5. The maximum Gasteiger partial charge on any atom is 0.416 e. The molecule has 102 valence electrons. The van der Waals surface area contributed by atoms with Crippen molar-refractivity contribution in [3.05, 3.63) is 71.3 Å². The third-order valence-electron chi connectivity index (χ3n) is 3.19. The van der Waals surface area contributed by atoms with Crippen molar-refractivity contribution in [3.63, 3.8) is 0 Å². The molecule has 1 nitrogen and oxygen atoms in total. The van der Waals surface area contributed by atoms with Gasteiger partial charge in [-0.2, -0.15) is 13.2 Å². The highest BCUT2D eigenvalue weighted by Crippen LogP contribution is 2.34. The lowest BCUT2D eigenvalue weighted by atomic mass is 10.0. The van der Waals surface area contributed by atoms with Crippen LogP contribution >= 0.6 is 0 Å². The van der Waals surface area contributed by atoms with Crippen LogP contribution in [0.4, 0.5) is 13.2 Å². The second-order valence-electron chi connectivity index (χ2n) is 4.56. The minimum Gasteiger partial charge on any atom is -0.481 e. The van der Waals surface area contributed by atoms with Crippen molar-refractivity contribution < 1.29 is 17.9 Å². The lowest BCUT2D eigenvalue weighted by molar-refractivity contribution is -0.137. The van der Waals surface area contributed by atoms with Crippen LogP contribution in [-0.4, -0.2) is 0 Å². The van der Waals surface area contributed by atoms with Crippen LogP contribution in [0.25, 0.3) is 6.08 Å². The van der Waals surface area contributed by atoms with E-state index in [4.69, 9.17) is 4.74 Å². The van der Waals surface area contributed by atoms with Gasteiger partial charge in [-0.3, -0.25) is 0 Å². The normalized spacial score (nSPS) is 17.4. The van der Waals surface area contributed by atoms with Crippen LogP contribution in [0.5, 0.6) is 5.75 Å². The van der Waals surface area contributed by atoms with Gasteiger partial charge in [-0.05, 0) is 29.8 Å². The fraction of sp³-hybridized carbons (Fsp3) is 0.125. The van der Waals surface area contributed by atoms with Gasteiger partial charge in [0.25, 0.3) is 0 Å². The van der Waals surface area contributed by atoms with Crippen LogP contribution in [0, 0.1) is 0 Å². The van der Waals surface area contributed by atoms with E-state index >= 15 is 0 Å². The van der Waals surface area contributed by atoms with Crippen molar-refractivity contribution in [2.45, 2.75) is 12.3 Å². The number of fused-ring (bicyclic) bond motifs is 1. The highest BCUT2D eigenvalue weighted by atomic mass is 19.4. The van der Waals surface area contributed by atoms with E-state index in [2.05, 4.69) is 0 Å². The zero-order valence-electron chi connectivity index (χ0n) is 10.4. The topological polar surface area (TPSA) is 9.23 Å². The molecule has 0 radical (unpaired) electrons. The van der Waals surface area contributed by atoms with E-state index in [0.717, 1.165) is 23.4 Å². The molecule has 2 aromatic rings. The Kier molecular flexibility index (Phi) is 3.01. The van der Waals surface area contributed by atoms with E-state index in [9.17, 15) is 13.2 Å². The average molecular weight is 276 g/mol. The van der Waals surface area contributed by atoms with E-state index in [1.54, 1.807) is 0 Å². The Labute approximate surface area is 114 Å². The summed E-state index contributed by atoms with van der Waals surface area (Å²) < 4.78 is 43.3. The highest BCUT2D eigenvalue weighted by Gasteiger charge is 2.30. The minimum absolute atomic E-state index is 0.354. The minimum atomic E-state index is -4.31. The third-order valence-corrected chi connectivity index (χ3v) is 3.19. The number of halogens is 3. The zero-order valence-corrected chi connectivity index (χ0v) is 10.4. The molecule has 0 unspecified atom stereocenters. The van der Waals surface area contributed by atoms with E-state index in [0.29, 0.717) is 5.56 Å². The molecule has 2 aromatic carbocycles. The first-order valence-corrected chi connectivity index (χ1v) is 6.15. The van der Waals surface area contributed by atoms with E-state index in [1.807, 2.05) is 36.4 Å². The second kappa shape index (κ2) is 4.71. The number of benzene rings is 2. The van der Waals surface area contributed by atoms with Gasteiger partial charge in [0.2, 0.25) is 0 Å². The van der Waals surface area contributed by atoms with Crippen LogP contribution in [-0.2, 0) is 6.18 Å². The molecule has 1 heterocycles. The van der Waals surface area contributed by atoms with Crippen molar-refractivity contribution in [3.8, 4) is 5.75 Å². The van der Waals surface area contributed by atoms with Crippen molar-refractivity contribution in [1.29, 1.82) is 0 Å². The van der Waals surface area contributed by atoms with Gasteiger partial charge in [-0.15, -0.1) is 0 Å². The summed E-state index contributed by atoms with van der Waals surface area (Å²) >= 11 is 0. The van der Waals surface area contributed by atoms with Crippen LogP contribution < -0.4 is 4.74 Å². The Morgan fingerprint density at radius 2 is 1.60 bits per heavy atom. The summed E-state index contributed by atoms with van der Waals surface area (Å²) in [5, 5.41) is 0. The van der Waals surface area contributed by atoms with Crippen LogP contribution in [0.1, 0.15) is 22.8 Å². The first kappa shape index (κ1) is 12.8. The Balaban J connectivity index is 1.85. The molecule has 0 saturated carbocycles. The molecule has 1 aliphatic heterocycles. The van der Waals surface area contributed by atoms with E-state index in [-0.39, 0.29) is 6.10 Å². The van der Waals surface area contributed by atoms with Crippen LogP contribution in [0.2, 0.25) is 0 Å². The van der Waals surface area contributed by atoms with Gasteiger partial charge in [0, 0.05) is 5.56 Å². The number of alkyl halides is 3. The van der Waals surface area contributed by atoms with Crippen molar-refractivity contribution >= 4 is 6.08 Å². The first-order valence-electron chi connectivity index (χ1n) is 6.15. The van der Waals surface area contributed by atoms with Gasteiger partial charge in [-0.25, -0.2) is 0 Å². The second-order valence-corrected chi connectivity index (χ2v) is 4.56. The van der Waals surface area contributed by atoms with Crippen LogP contribution in [0.15, 0.2) is 54.6 Å². The molecule has 0 amide bonds. The standard InChI is InChI=1S/C16H11F3O/c17-16(18,19)13-8-5-12(6-9-13)15-10-7-11-3-1-2-4-14(11)20-15/h1-10,15H/t15-/m1/s1. The fourth-order valence-corrected chi connectivity index (χ4v) is 2.13. The van der Waals surface area contributed by atoms with E-state index < -0.39 is 11.7 Å². The Morgan fingerprint density at radius 1 is 0.900 bits per heavy atom. The van der Waals surface area contributed by atoms with Gasteiger partial charge >= 0.3 is 6.18 Å².